The average Bonchev–Trinajstić information content (AvgIpc) is 2.72. The number of hydrogen-bond acceptors (Lipinski definition) is 5. The first kappa shape index (κ1) is 22.4. The van der Waals surface area contributed by atoms with Crippen LogP contribution in [0.25, 0.3) is 6.08 Å². The van der Waals surface area contributed by atoms with Crippen LogP contribution in [-0.4, -0.2) is 37.7 Å². The SMILES string of the molecule is COC(=O)C1CCC2(CC1)CCN(c1ccccc1C=CC(=O)OC(C)(C)C)CC2. The lowest BCUT2D eigenvalue weighted by atomic mass is 9.65. The van der Waals surface area contributed by atoms with Crippen molar-refractivity contribution in [2.24, 2.45) is 11.3 Å². The zero-order valence-electron chi connectivity index (χ0n) is 18.8. The third-order valence-electron chi connectivity index (χ3n) is 6.49. The zero-order valence-corrected chi connectivity index (χ0v) is 18.8. The van der Waals surface area contributed by atoms with E-state index in [-0.39, 0.29) is 17.9 Å². The second-order valence-electron chi connectivity index (χ2n) is 9.71. The molecule has 1 aromatic carbocycles. The Morgan fingerprint density at radius 2 is 1.70 bits per heavy atom. The Labute approximate surface area is 180 Å². The lowest BCUT2D eigenvalue weighted by molar-refractivity contribution is -0.149. The van der Waals surface area contributed by atoms with Crippen molar-refractivity contribution in [2.45, 2.75) is 64.9 Å². The van der Waals surface area contributed by atoms with Gasteiger partial charge in [0.2, 0.25) is 0 Å². The molecule has 1 saturated carbocycles. The van der Waals surface area contributed by atoms with Gasteiger partial charge in [0.05, 0.1) is 13.0 Å². The van der Waals surface area contributed by atoms with Crippen LogP contribution < -0.4 is 4.90 Å². The number of rotatable bonds is 4. The van der Waals surface area contributed by atoms with Crippen molar-refractivity contribution in [1.82, 2.24) is 0 Å². The van der Waals surface area contributed by atoms with Gasteiger partial charge in [-0.1, -0.05) is 18.2 Å². The summed E-state index contributed by atoms with van der Waals surface area (Å²) in [4.78, 5) is 26.3. The maximum atomic E-state index is 12.1. The Morgan fingerprint density at radius 3 is 2.30 bits per heavy atom. The molecule has 3 rings (SSSR count). The fraction of sp³-hybridized carbons (Fsp3) is 0.600. The van der Waals surface area contributed by atoms with Crippen LogP contribution >= 0.6 is 0 Å². The molecule has 0 N–H and O–H groups in total. The van der Waals surface area contributed by atoms with Crippen LogP contribution in [0, 0.1) is 11.3 Å². The average molecular weight is 414 g/mol. The van der Waals surface area contributed by atoms with Gasteiger partial charge in [0.25, 0.3) is 0 Å². The number of anilines is 1. The Balaban J connectivity index is 1.61. The Hall–Kier alpha value is -2.30. The Kier molecular flexibility index (Phi) is 6.89. The predicted molar refractivity (Wildman–Crippen MR) is 119 cm³/mol. The van der Waals surface area contributed by atoms with Crippen molar-refractivity contribution >= 4 is 23.7 Å². The van der Waals surface area contributed by atoms with E-state index in [0.717, 1.165) is 62.9 Å². The van der Waals surface area contributed by atoms with Crippen molar-refractivity contribution < 1.29 is 19.1 Å². The summed E-state index contributed by atoms with van der Waals surface area (Å²) in [7, 11) is 1.49. The first-order chi connectivity index (χ1) is 14.2. The summed E-state index contributed by atoms with van der Waals surface area (Å²) in [6.45, 7) is 7.61. The maximum Gasteiger partial charge on any atom is 0.331 e. The zero-order chi connectivity index (χ0) is 21.8. The number of nitrogens with zero attached hydrogens (tertiary/aromatic N) is 1. The van der Waals surface area contributed by atoms with E-state index in [1.54, 1.807) is 0 Å². The molecule has 0 unspecified atom stereocenters. The van der Waals surface area contributed by atoms with E-state index in [1.807, 2.05) is 45.0 Å². The lowest BCUT2D eigenvalue weighted by Gasteiger charge is -2.46. The molecule has 1 saturated heterocycles. The molecule has 0 bridgehead atoms. The summed E-state index contributed by atoms with van der Waals surface area (Å²) in [5, 5.41) is 0. The van der Waals surface area contributed by atoms with Gasteiger partial charge in [0.1, 0.15) is 5.60 Å². The van der Waals surface area contributed by atoms with Crippen molar-refractivity contribution in [3.8, 4) is 0 Å². The second kappa shape index (κ2) is 9.23. The van der Waals surface area contributed by atoms with Gasteiger partial charge in [-0.25, -0.2) is 4.79 Å². The number of carbonyl (C=O) groups is 2. The topological polar surface area (TPSA) is 55.8 Å². The molecule has 2 fully saturated rings. The molecule has 1 aliphatic heterocycles. The van der Waals surface area contributed by atoms with E-state index in [0.29, 0.717) is 5.41 Å². The number of esters is 2. The fourth-order valence-corrected chi connectivity index (χ4v) is 4.76. The van der Waals surface area contributed by atoms with Gasteiger partial charge in [-0.2, -0.15) is 0 Å². The lowest BCUT2D eigenvalue weighted by Crippen LogP contribution is -2.43. The fourth-order valence-electron chi connectivity index (χ4n) is 4.76. The molecule has 1 heterocycles. The van der Waals surface area contributed by atoms with Crippen LogP contribution in [0.2, 0.25) is 0 Å². The summed E-state index contributed by atoms with van der Waals surface area (Å²) in [5.74, 6) is -0.289. The first-order valence-corrected chi connectivity index (χ1v) is 11.0. The third-order valence-corrected chi connectivity index (χ3v) is 6.49. The smallest absolute Gasteiger partial charge is 0.331 e. The minimum atomic E-state index is -0.491. The number of ether oxygens (including phenoxy) is 2. The van der Waals surface area contributed by atoms with Crippen LogP contribution in [0.4, 0.5) is 5.69 Å². The van der Waals surface area contributed by atoms with Crippen LogP contribution in [0.1, 0.15) is 64.9 Å². The molecule has 2 aliphatic rings. The highest BCUT2D eigenvalue weighted by atomic mass is 16.6. The largest absolute Gasteiger partial charge is 0.469 e. The van der Waals surface area contributed by atoms with E-state index in [1.165, 1.54) is 13.2 Å². The molecule has 1 spiro atoms. The summed E-state index contributed by atoms with van der Waals surface area (Å²) in [5.41, 5.74) is 2.07. The number of hydrogen-bond donors (Lipinski definition) is 0. The second-order valence-corrected chi connectivity index (χ2v) is 9.71. The molecule has 0 aromatic heterocycles. The third kappa shape index (κ3) is 5.65. The van der Waals surface area contributed by atoms with Gasteiger partial charge in [0, 0.05) is 24.9 Å². The summed E-state index contributed by atoms with van der Waals surface area (Å²) in [6.07, 6.45) is 9.78. The molecule has 5 heteroatoms. The molecule has 1 aromatic rings. The molecule has 5 nitrogen and oxygen atoms in total. The van der Waals surface area contributed by atoms with E-state index < -0.39 is 5.60 Å². The minimum Gasteiger partial charge on any atom is -0.469 e. The highest BCUT2D eigenvalue weighted by Crippen LogP contribution is 2.47. The van der Waals surface area contributed by atoms with E-state index >= 15 is 0 Å². The number of benzene rings is 1. The summed E-state index contributed by atoms with van der Waals surface area (Å²) >= 11 is 0. The number of piperidine rings is 1. The summed E-state index contributed by atoms with van der Waals surface area (Å²) in [6, 6.07) is 8.22. The van der Waals surface area contributed by atoms with Gasteiger partial charge in [-0.15, -0.1) is 0 Å². The molecule has 30 heavy (non-hydrogen) atoms. The van der Waals surface area contributed by atoms with Crippen LogP contribution in [0.15, 0.2) is 30.3 Å². The molecule has 1 aliphatic carbocycles. The van der Waals surface area contributed by atoms with Gasteiger partial charge >= 0.3 is 11.9 Å². The molecule has 164 valence electrons. The van der Waals surface area contributed by atoms with Crippen molar-refractivity contribution in [1.29, 1.82) is 0 Å². The summed E-state index contributed by atoms with van der Waals surface area (Å²) < 4.78 is 10.3. The highest BCUT2D eigenvalue weighted by molar-refractivity contribution is 5.88. The first-order valence-electron chi connectivity index (χ1n) is 11.0. The van der Waals surface area contributed by atoms with E-state index in [9.17, 15) is 9.59 Å². The normalized spacial score (nSPS) is 19.8. The van der Waals surface area contributed by atoms with E-state index in [2.05, 4.69) is 11.0 Å². The highest BCUT2D eigenvalue weighted by Gasteiger charge is 2.40. The molecular weight excluding hydrogens is 378 g/mol. The molecular formula is C25H35NO4. The molecule has 0 atom stereocenters. The predicted octanol–water partition coefficient (Wildman–Crippen LogP) is 4.99. The Bertz CT molecular complexity index is 775. The Morgan fingerprint density at radius 1 is 1.07 bits per heavy atom. The van der Waals surface area contributed by atoms with Gasteiger partial charge in [0.15, 0.2) is 0 Å². The number of methoxy groups -OCH3 is 1. The van der Waals surface area contributed by atoms with Crippen LogP contribution in [0.3, 0.4) is 0 Å². The van der Waals surface area contributed by atoms with Crippen molar-refractivity contribution in [3.05, 3.63) is 35.9 Å². The quantitative estimate of drug-likeness (QED) is 0.514. The number of carbonyl (C=O) groups excluding carboxylic acids is 2. The van der Waals surface area contributed by atoms with Gasteiger partial charge in [-0.05, 0) is 82.4 Å². The maximum absolute atomic E-state index is 12.1. The standard InChI is InChI=1S/C25H35NO4/c1-24(2,3)30-22(27)10-9-19-7-5-6-8-21(19)26-17-15-25(16-18-26)13-11-20(12-14-25)23(28)29-4/h5-10,20H,11-18H2,1-4H3. The minimum absolute atomic E-state index is 0.0482. The monoisotopic (exact) mass is 413 g/mol. The number of para-hydroxylation sites is 1. The molecule has 0 radical (unpaired) electrons. The van der Waals surface area contributed by atoms with Crippen LogP contribution in [-0.2, 0) is 19.1 Å². The van der Waals surface area contributed by atoms with E-state index in [4.69, 9.17) is 9.47 Å². The van der Waals surface area contributed by atoms with Gasteiger partial charge < -0.3 is 14.4 Å². The van der Waals surface area contributed by atoms with Gasteiger partial charge in [-0.3, -0.25) is 4.79 Å². The molecule has 0 amide bonds. The van der Waals surface area contributed by atoms with Crippen LogP contribution in [0.5, 0.6) is 0 Å². The van der Waals surface area contributed by atoms with Crippen molar-refractivity contribution in [2.75, 3.05) is 25.1 Å². The van der Waals surface area contributed by atoms with Crippen molar-refractivity contribution in [3.63, 3.8) is 0 Å².